The van der Waals surface area contributed by atoms with E-state index in [1.54, 1.807) is 0 Å². The van der Waals surface area contributed by atoms with Gasteiger partial charge in [0.05, 0.1) is 5.56 Å². The zero-order valence-corrected chi connectivity index (χ0v) is 9.98. The highest BCUT2D eigenvalue weighted by Gasteiger charge is 2.21. The van der Waals surface area contributed by atoms with Gasteiger partial charge in [0.15, 0.2) is 4.60 Å². The largest absolute Gasteiger partial charge is 0.475 e. The van der Waals surface area contributed by atoms with E-state index in [4.69, 9.17) is 9.63 Å². The van der Waals surface area contributed by atoms with Gasteiger partial charge in [0.2, 0.25) is 0 Å². The normalized spacial score (nSPS) is 10.4. The molecular formula is C11H8BrNO3. The van der Waals surface area contributed by atoms with E-state index in [1.165, 1.54) is 0 Å². The molecule has 0 radical (unpaired) electrons. The molecule has 0 saturated heterocycles. The minimum atomic E-state index is -1.13. The number of hydrogen-bond acceptors (Lipinski definition) is 3. The molecule has 2 aromatic rings. The van der Waals surface area contributed by atoms with Crippen LogP contribution in [0.1, 0.15) is 16.1 Å². The van der Waals surface area contributed by atoms with Crippen LogP contribution in [0.25, 0.3) is 11.1 Å². The summed E-state index contributed by atoms with van der Waals surface area (Å²) < 4.78 is 5.14. The molecule has 4 nitrogen and oxygen atoms in total. The van der Waals surface area contributed by atoms with E-state index in [0.717, 1.165) is 11.1 Å². The van der Waals surface area contributed by atoms with Gasteiger partial charge in [-0.15, -0.1) is 0 Å². The highest BCUT2D eigenvalue weighted by atomic mass is 79.9. The lowest BCUT2D eigenvalue weighted by Gasteiger charge is -1.99. The maximum Gasteiger partial charge on any atom is 0.375 e. The number of carbonyl (C=O) groups is 1. The van der Waals surface area contributed by atoms with Crippen molar-refractivity contribution in [1.82, 2.24) is 5.16 Å². The molecule has 1 N–H and O–H groups in total. The van der Waals surface area contributed by atoms with Crippen LogP contribution in [-0.2, 0) is 0 Å². The minimum Gasteiger partial charge on any atom is -0.475 e. The Morgan fingerprint density at radius 2 is 2.00 bits per heavy atom. The molecule has 0 aliphatic rings. The van der Waals surface area contributed by atoms with E-state index in [2.05, 4.69) is 21.1 Å². The average Bonchev–Trinajstić information content (AvgIpc) is 2.62. The fourth-order valence-electron chi connectivity index (χ4n) is 1.39. The van der Waals surface area contributed by atoms with Crippen LogP contribution in [0.5, 0.6) is 0 Å². The summed E-state index contributed by atoms with van der Waals surface area (Å²) in [5.41, 5.74) is 2.33. The second kappa shape index (κ2) is 4.09. The first kappa shape index (κ1) is 10.9. The molecule has 0 spiro atoms. The number of nitrogens with zero attached hydrogens (tertiary/aromatic N) is 1. The highest BCUT2D eigenvalue weighted by molar-refractivity contribution is 9.10. The molecule has 2 rings (SSSR count). The monoisotopic (exact) mass is 281 g/mol. The summed E-state index contributed by atoms with van der Waals surface area (Å²) in [5.74, 6) is -1.29. The molecule has 0 bridgehead atoms. The molecule has 16 heavy (non-hydrogen) atoms. The molecule has 0 atom stereocenters. The van der Waals surface area contributed by atoms with Gasteiger partial charge in [-0.3, -0.25) is 0 Å². The number of aromatic carboxylic acids is 1. The Kier molecular flexibility index (Phi) is 2.78. The lowest BCUT2D eigenvalue weighted by atomic mass is 10.1. The summed E-state index contributed by atoms with van der Waals surface area (Å²) in [6.45, 7) is 1.96. The predicted octanol–water partition coefficient (Wildman–Crippen LogP) is 3.11. The quantitative estimate of drug-likeness (QED) is 0.919. The molecule has 82 valence electrons. The smallest absolute Gasteiger partial charge is 0.375 e. The van der Waals surface area contributed by atoms with E-state index in [-0.39, 0.29) is 5.76 Å². The van der Waals surface area contributed by atoms with Crippen molar-refractivity contribution >= 4 is 21.9 Å². The van der Waals surface area contributed by atoms with Crippen LogP contribution in [-0.4, -0.2) is 16.2 Å². The zero-order valence-electron chi connectivity index (χ0n) is 8.40. The van der Waals surface area contributed by atoms with Crippen molar-refractivity contribution in [2.75, 3.05) is 0 Å². The van der Waals surface area contributed by atoms with E-state index < -0.39 is 5.97 Å². The molecule has 0 aliphatic heterocycles. The van der Waals surface area contributed by atoms with Gasteiger partial charge in [0, 0.05) is 0 Å². The van der Waals surface area contributed by atoms with Crippen LogP contribution in [0.15, 0.2) is 33.4 Å². The van der Waals surface area contributed by atoms with Crippen molar-refractivity contribution in [2.24, 2.45) is 0 Å². The van der Waals surface area contributed by atoms with Gasteiger partial charge in [-0.1, -0.05) is 35.0 Å². The highest BCUT2D eigenvalue weighted by Crippen LogP contribution is 2.31. The van der Waals surface area contributed by atoms with Crippen molar-refractivity contribution in [3.8, 4) is 11.1 Å². The van der Waals surface area contributed by atoms with E-state index in [9.17, 15) is 4.79 Å². The minimum absolute atomic E-state index is 0.157. The predicted molar refractivity (Wildman–Crippen MR) is 61.3 cm³/mol. The van der Waals surface area contributed by atoms with Gasteiger partial charge >= 0.3 is 5.97 Å². The number of hydrogen-bond donors (Lipinski definition) is 1. The van der Waals surface area contributed by atoms with Crippen LogP contribution in [0.2, 0.25) is 0 Å². The molecule has 0 saturated carbocycles. The van der Waals surface area contributed by atoms with E-state index in [1.807, 2.05) is 31.2 Å². The van der Waals surface area contributed by atoms with Crippen LogP contribution < -0.4 is 0 Å². The summed E-state index contributed by atoms with van der Waals surface area (Å²) in [4.78, 5) is 10.9. The molecular weight excluding hydrogens is 274 g/mol. The number of aromatic nitrogens is 1. The molecule has 1 aromatic heterocycles. The van der Waals surface area contributed by atoms with Crippen molar-refractivity contribution in [3.63, 3.8) is 0 Å². The molecule has 1 heterocycles. The van der Waals surface area contributed by atoms with E-state index in [0.29, 0.717) is 10.2 Å². The molecule has 5 heteroatoms. The van der Waals surface area contributed by atoms with Gasteiger partial charge in [-0.05, 0) is 28.4 Å². The second-order valence-electron chi connectivity index (χ2n) is 3.35. The molecule has 0 aliphatic carbocycles. The number of halogens is 1. The lowest BCUT2D eigenvalue weighted by Crippen LogP contribution is -1.96. The molecule has 0 unspecified atom stereocenters. The number of carboxylic acid groups (broad SMARTS) is 1. The fraction of sp³-hybridized carbons (Fsp3) is 0.0909. The van der Waals surface area contributed by atoms with E-state index >= 15 is 0 Å². The lowest BCUT2D eigenvalue weighted by molar-refractivity contribution is 0.0653. The SMILES string of the molecule is Cc1ccc(-c2c(Br)noc2C(=O)O)cc1. The molecule has 0 fully saturated rings. The van der Waals surface area contributed by atoms with Gasteiger partial charge in [-0.25, -0.2) is 4.79 Å². The van der Waals surface area contributed by atoms with Gasteiger partial charge < -0.3 is 9.63 Å². The molecule has 0 amide bonds. The summed E-state index contributed by atoms with van der Waals surface area (Å²) in [7, 11) is 0. The Bertz CT molecular complexity index is 531. The maximum atomic E-state index is 10.9. The van der Waals surface area contributed by atoms with Crippen LogP contribution in [0.4, 0.5) is 0 Å². The van der Waals surface area contributed by atoms with Crippen LogP contribution in [0, 0.1) is 6.92 Å². The first-order valence-corrected chi connectivity index (χ1v) is 5.34. The Morgan fingerprint density at radius 1 is 1.38 bits per heavy atom. The third-order valence-electron chi connectivity index (χ3n) is 2.18. The zero-order chi connectivity index (χ0) is 11.7. The molecule has 1 aromatic carbocycles. The number of rotatable bonds is 2. The van der Waals surface area contributed by atoms with Gasteiger partial charge in [-0.2, -0.15) is 0 Å². The van der Waals surface area contributed by atoms with Crippen LogP contribution in [0.3, 0.4) is 0 Å². The van der Waals surface area contributed by atoms with Gasteiger partial charge in [0.25, 0.3) is 5.76 Å². The summed E-state index contributed by atoms with van der Waals surface area (Å²) >= 11 is 3.17. The standard InChI is InChI=1S/C11H8BrNO3/c1-6-2-4-7(5-3-6)8-9(11(14)15)16-13-10(8)12/h2-5H,1H3,(H,14,15). The van der Waals surface area contributed by atoms with Crippen molar-refractivity contribution in [1.29, 1.82) is 0 Å². The first-order chi connectivity index (χ1) is 7.59. The van der Waals surface area contributed by atoms with Crippen molar-refractivity contribution < 1.29 is 14.4 Å². The Balaban J connectivity index is 2.58. The topological polar surface area (TPSA) is 63.3 Å². The van der Waals surface area contributed by atoms with Gasteiger partial charge in [0.1, 0.15) is 0 Å². The second-order valence-corrected chi connectivity index (χ2v) is 4.10. The van der Waals surface area contributed by atoms with Crippen molar-refractivity contribution in [3.05, 3.63) is 40.2 Å². The summed E-state index contributed by atoms with van der Waals surface area (Å²) in [6, 6.07) is 7.47. The number of benzene rings is 1. The average molecular weight is 282 g/mol. The first-order valence-electron chi connectivity index (χ1n) is 4.55. The van der Waals surface area contributed by atoms with Crippen molar-refractivity contribution in [2.45, 2.75) is 6.92 Å². The number of carboxylic acids is 1. The number of aryl methyl sites for hydroxylation is 1. The Morgan fingerprint density at radius 3 is 2.56 bits per heavy atom. The Hall–Kier alpha value is -1.62. The fourth-order valence-corrected chi connectivity index (χ4v) is 1.87. The Labute approximate surface area is 100 Å². The summed E-state index contributed by atoms with van der Waals surface area (Å²) in [6.07, 6.45) is 0. The summed E-state index contributed by atoms with van der Waals surface area (Å²) in [5, 5.41) is 12.5. The van der Waals surface area contributed by atoms with Crippen LogP contribution >= 0.6 is 15.9 Å². The maximum absolute atomic E-state index is 10.9. The third-order valence-corrected chi connectivity index (χ3v) is 2.73. The third kappa shape index (κ3) is 1.86.